The Kier molecular flexibility index (Phi) is 5.98. The quantitative estimate of drug-likeness (QED) is 0.620. The molecule has 0 bridgehead atoms. The van der Waals surface area contributed by atoms with Crippen LogP contribution in [0.5, 0.6) is 0 Å². The monoisotopic (exact) mass is 377 g/mol. The van der Waals surface area contributed by atoms with Crippen molar-refractivity contribution in [3.05, 3.63) is 77.7 Å². The molecule has 4 heteroatoms. The highest BCUT2D eigenvalue weighted by atomic mass is 19.1. The van der Waals surface area contributed by atoms with Gasteiger partial charge < -0.3 is 4.90 Å². The predicted molar refractivity (Wildman–Crippen MR) is 112 cm³/mol. The topological polar surface area (TPSA) is 19.4 Å². The summed E-state index contributed by atoms with van der Waals surface area (Å²) in [5.74, 6) is 0.556. The molecule has 1 aromatic heterocycles. The van der Waals surface area contributed by atoms with Crippen LogP contribution in [-0.4, -0.2) is 41.5 Å². The molecule has 0 spiro atoms. The molecule has 146 valence electrons. The third kappa shape index (κ3) is 4.75. The minimum atomic E-state index is -0.173. The van der Waals surface area contributed by atoms with E-state index in [0.29, 0.717) is 0 Å². The largest absolute Gasteiger partial charge is 0.302 e. The zero-order valence-corrected chi connectivity index (χ0v) is 16.5. The van der Waals surface area contributed by atoms with E-state index in [2.05, 4.69) is 52.2 Å². The van der Waals surface area contributed by atoms with Crippen LogP contribution in [0, 0.1) is 11.7 Å². The molecule has 0 aliphatic carbocycles. The van der Waals surface area contributed by atoms with E-state index in [4.69, 9.17) is 0 Å². The lowest BCUT2D eigenvalue weighted by molar-refractivity contribution is 0.147. The molecule has 4 rings (SSSR count). The van der Waals surface area contributed by atoms with Crippen LogP contribution < -0.4 is 0 Å². The third-order valence-electron chi connectivity index (χ3n) is 5.71. The Bertz CT molecular complexity index is 904. The van der Waals surface area contributed by atoms with Gasteiger partial charge in [-0.05, 0) is 68.2 Å². The van der Waals surface area contributed by atoms with Gasteiger partial charge in [-0.1, -0.05) is 36.4 Å². The second-order valence-corrected chi connectivity index (χ2v) is 8.04. The summed E-state index contributed by atoms with van der Waals surface area (Å²) >= 11 is 0. The maximum absolute atomic E-state index is 14.0. The zero-order chi connectivity index (χ0) is 19.3. The molecule has 2 heterocycles. The summed E-state index contributed by atoms with van der Waals surface area (Å²) in [7, 11) is 2.21. The van der Waals surface area contributed by atoms with Crippen LogP contribution in [-0.2, 0) is 13.1 Å². The molecule has 1 saturated heterocycles. The van der Waals surface area contributed by atoms with Crippen LogP contribution >= 0.6 is 0 Å². The second kappa shape index (κ2) is 8.80. The molecule has 3 nitrogen and oxygen atoms in total. The van der Waals surface area contributed by atoms with E-state index in [1.807, 2.05) is 12.1 Å². The number of likely N-dealkylation sites (tertiary alicyclic amines) is 1. The van der Waals surface area contributed by atoms with Crippen LogP contribution in [0.15, 0.2) is 60.8 Å². The summed E-state index contributed by atoms with van der Waals surface area (Å²) in [6.07, 6.45) is 4.18. The predicted octanol–water partition coefficient (Wildman–Crippen LogP) is 4.72. The van der Waals surface area contributed by atoms with Gasteiger partial charge in [0.15, 0.2) is 0 Å². The molecule has 0 saturated carbocycles. The lowest BCUT2D eigenvalue weighted by Crippen LogP contribution is -2.37. The van der Waals surface area contributed by atoms with Crippen LogP contribution in [0.1, 0.15) is 24.0 Å². The maximum atomic E-state index is 14.0. The average Bonchev–Trinajstić information content (AvgIpc) is 2.70. The lowest BCUT2D eigenvalue weighted by atomic mass is 9.95. The first-order chi connectivity index (χ1) is 13.7. The molecule has 0 N–H and O–H groups in total. The fourth-order valence-electron chi connectivity index (χ4n) is 4.32. The molecule has 1 aliphatic heterocycles. The Labute approximate surface area is 166 Å². The fourth-order valence-corrected chi connectivity index (χ4v) is 4.32. The summed E-state index contributed by atoms with van der Waals surface area (Å²) < 4.78 is 14.0. The highest BCUT2D eigenvalue weighted by Gasteiger charge is 2.21. The smallest absolute Gasteiger partial charge is 0.124 e. The van der Waals surface area contributed by atoms with Crippen molar-refractivity contribution in [2.24, 2.45) is 5.92 Å². The first-order valence-electron chi connectivity index (χ1n) is 10.2. The molecule has 3 aromatic rings. The first-order valence-corrected chi connectivity index (χ1v) is 10.2. The molecule has 28 heavy (non-hydrogen) atoms. The van der Waals surface area contributed by atoms with Gasteiger partial charge in [0.1, 0.15) is 5.82 Å². The van der Waals surface area contributed by atoms with E-state index < -0.39 is 0 Å². The number of halogens is 1. The summed E-state index contributed by atoms with van der Waals surface area (Å²) in [6, 6.07) is 17.7. The Morgan fingerprint density at radius 2 is 1.86 bits per heavy atom. The first kappa shape index (κ1) is 19.0. The molecule has 0 atom stereocenters. The standard InChI is InChI=1S/C24H28FN3/c1-27(16-19-6-3-2-4-7-19)17-20-9-12-28(13-10-20)18-22-15-23(25)14-21-8-5-11-26-24(21)22/h2-8,11,14-15,20H,9-10,12-13,16-18H2,1H3. The van der Waals surface area contributed by atoms with E-state index in [1.165, 1.54) is 18.4 Å². The average molecular weight is 378 g/mol. The summed E-state index contributed by atoms with van der Waals surface area (Å²) in [6.45, 7) is 5.04. The van der Waals surface area contributed by atoms with Crippen molar-refractivity contribution in [1.29, 1.82) is 0 Å². The van der Waals surface area contributed by atoms with E-state index in [-0.39, 0.29) is 5.82 Å². The Balaban J connectivity index is 1.31. The molecule has 1 fully saturated rings. The molecular formula is C24H28FN3. The van der Waals surface area contributed by atoms with Gasteiger partial charge in [0, 0.05) is 31.2 Å². The molecule has 1 aliphatic rings. The number of nitrogens with zero attached hydrogens (tertiary/aromatic N) is 3. The highest BCUT2D eigenvalue weighted by Crippen LogP contribution is 2.24. The highest BCUT2D eigenvalue weighted by molar-refractivity contribution is 5.81. The molecule has 0 radical (unpaired) electrons. The number of aromatic nitrogens is 1. The molecule has 0 amide bonds. The van der Waals surface area contributed by atoms with Crippen molar-refractivity contribution >= 4 is 10.9 Å². The van der Waals surface area contributed by atoms with E-state index in [1.54, 1.807) is 18.3 Å². The van der Waals surface area contributed by atoms with E-state index in [9.17, 15) is 4.39 Å². The van der Waals surface area contributed by atoms with Crippen molar-refractivity contribution in [2.75, 3.05) is 26.7 Å². The summed E-state index contributed by atoms with van der Waals surface area (Å²) in [4.78, 5) is 9.35. The minimum Gasteiger partial charge on any atom is -0.302 e. The molecular weight excluding hydrogens is 349 g/mol. The third-order valence-corrected chi connectivity index (χ3v) is 5.71. The molecule has 2 aromatic carbocycles. The van der Waals surface area contributed by atoms with Crippen molar-refractivity contribution in [1.82, 2.24) is 14.8 Å². The van der Waals surface area contributed by atoms with Gasteiger partial charge in [0.2, 0.25) is 0 Å². The maximum Gasteiger partial charge on any atom is 0.124 e. The van der Waals surface area contributed by atoms with Crippen LogP contribution in [0.3, 0.4) is 0 Å². The summed E-state index contributed by atoms with van der Waals surface area (Å²) in [5, 5.41) is 0.884. The van der Waals surface area contributed by atoms with Gasteiger partial charge in [0.05, 0.1) is 5.52 Å². The number of fused-ring (bicyclic) bond motifs is 1. The van der Waals surface area contributed by atoms with Crippen LogP contribution in [0.4, 0.5) is 4.39 Å². The number of piperidine rings is 1. The second-order valence-electron chi connectivity index (χ2n) is 8.04. The van der Waals surface area contributed by atoms with Crippen LogP contribution in [0.2, 0.25) is 0 Å². The van der Waals surface area contributed by atoms with E-state index in [0.717, 1.165) is 55.1 Å². The fraction of sp³-hybridized carbons (Fsp3) is 0.375. The van der Waals surface area contributed by atoms with E-state index >= 15 is 0 Å². The Morgan fingerprint density at radius 3 is 2.64 bits per heavy atom. The van der Waals surface area contributed by atoms with Gasteiger partial charge in [-0.15, -0.1) is 0 Å². The minimum absolute atomic E-state index is 0.173. The number of hydrogen-bond donors (Lipinski definition) is 0. The van der Waals surface area contributed by atoms with Crippen molar-refractivity contribution in [3.8, 4) is 0 Å². The lowest BCUT2D eigenvalue weighted by Gasteiger charge is -2.34. The van der Waals surface area contributed by atoms with Gasteiger partial charge >= 0.3 is 0 Å². The number of hydrogen-bond acceptors (Lipinski definition) is 3. The van der Waals surface area contributed by atoms with Crippen molar-refractivity contribution in [3.63, 3.8) is 0 Å². The molecule has 0 unspecified atom stereocenters. The van der Waals surface area contributed by atoms with Crippen molar-refractivity contribution in [2.45, 2.75) is 25.9 Å². The van der Waals surface area contributed by atoms with Crippen LogP contribution in [0.25, 0.3) is 10.9 Å². The van der Waals surface area contributed by atoms with Gasteiger partial charge in [-0.3, -0.25) is 9.88 Å². The Morgan fingerprint density at radius 1 is 1.07 bits per heavy atom. The number of pyridine rings is 1. The Hall–Kier alpha value is -2.30. The van der Waals surface area contributed by atoms with Gasteiger partial charge in [-0.2, -0.15) is 0 Å². The van der Waals surface area contributed by atoms with Crippen molar-refractivity contribution < 1.29 is 4.39 Å². The summed E-state index contributed by atoms with van der Waals surface area (Å²) in [5.41, 5.74) is 3.29. The SMILES string of the molecule is CN(Cc1ccccc1)CC1CCN(Cc2cc(F)cc3cccnc23)CC1. The zero-order valence-electron chi connectivity index (χ0n) is 16.5. The van der Waals surface area contributed by atoms with Gasteiger partial charge in [0.25, 0.3) is 0 Å². The van der Waals surface area contributed by atoms with Gasteiger partial charge in [-0.25, -0.2) is 4.39 Å². The number of benzene rings is 2. The normalized spacial score (nSPS) is 16.1. The number of rotatable bonds is 6.